The Balaban J connectivity index is 0.000000264. The highest BCUT2D eigenvalue weighted by atomic mass is 16.6. The Morgan fingerprint density at radius 2 is 1.06 bits per heavy atom. The van der Waals surface area contributed by atoms with Gasteiger partial charge in [0.2, 0.25) is 0 Å². The third-order valence-electron chi connectivity index (χ3n) is 5.96. The lowest BCUT2D eigenvalue weighted by Crippen LogP contribution is -2.31. The summed E-state index contributed by atoms with van der Waals surface area (Å²) < 4.78 is 17.4. The van der Waals surface area contributed by atoms with Gasteiger partial charge < -0.3 is 28.5 Å². The number of hydrogen-bond donors (Lipinski definition) is 3. The number of nitrogens with one attached hydrogen (secondary N) is 2. The molecule has 2 aromatic carbocycles. The lowest BCUT2D eigenvalue weighted by atomic mass is 10.2. The van der Waals surface area contributed by atoms with Crippen LogP contribution in [0.2, 0.25) is 0 Å². The van der Waals surface area contributed by atoms with Crippen LogP contribution >= 0.6 is 0 Å². The smallest absolute Gasteiger partial charge is 0.412 e. The summed E-state index contributed by atoms with van der Waals surface area (Å²) in [6.45, 7) is 4.67. The summed E-state index contributed by atoms with van der Waals surface area (Å²) in [7, 11) is 0. The zero-order valence-corrected chi connectivity index (χ0v) is 26.6. The Labute approximate surface area is 275 Å². The second-order valence-corrected chi connectivity index (χ2v) is 11.1. The summed E-state index contributed by atoms with van der Waals surface area (Å²) in [6, 6.07) is 24.1. The fourth-order valence-corrected chi connectivity index (χ4v) is 3.91. The zero-order chi connectivity index (χ0) is 35.1. The lowest BCUT2D eigenvalue weighted by Gasteiger charge is -2.19. The highest BCUT2D eigenvalue weighted by Gasteiger charge is 2.18. The Kier molecular flexibility index (Phi) is 13.2. The number of carboxylic acids is 1. The van der Waals surface area contributed by atoms with Crippen molar-refractivity contribution >= 4 is 35.5 Å². The normalized spacial score (nSPS) is 10.5. The summed E-state index contributed by atoms with van der Waals surface area (Å²) in [4.78, 5) is 70.4. The Bertz CT molecular complexity index is 1810. The Morgan fingerprint density at radius 1 is 0.646 bits per heavy atom. The summed E-state index contributed by atoms with van der Waals surface area (Å²) in [5, 5.41) is 13.4. The van der Waals surface area contributed by atoms with Gasteiger partial charge in [-0.05, 0) is 56.2 Å². The molecule has 2 amide bonds. The number of pyridine rings is 2. The van der Waals surface area contributed by atoms with Crippen molar-refractivity contribution in [3.05, 3.63) is 129 Å². The van der Waals surface area contributed by atoms with E-state index in [2.05, 4.69) is 10.6 Å². The van der Waals surface area contributed by atoms with Crippen LogP contribution in [0.25, 0.3) is 0 Å². The minimum atomic E-state index is -1.15. The standard InChI is InChI=1S/C19H22N2O5.C15H14N2O5/c1-19(2,3)26-16(22)12-21-11-7-10-15(17(21)23)20-18(24)25-13-14-8-5-4-6-9-14;18-13(19)9-17-8-4-7-12(14(17)20)16-15(21)22-10-11-5-2-1-3-6-11/h4-11H,12-13H2,1-3H3,(H,20,24);1-8H,9-10H2,(H,16,21)(H,18,19). The molecule has 0 fully saturated rings. The first-order valence-electron chi connectivity index (χ1n) is 14.6. The Morgan fingerprint density at radius 3 is 1.46 bits per heavy atom. The molecule has 48 heavy (non-hydrogen) atoms. The molecule has 4 aromatic rings. The van der Waals surface area contributed by atoms with Gasteiger partial charge >= 0.3 is 24.1 Å². The van der Waals surface area contributed by atoms with Crippen LogP contribution in [0.5, 0.6) is 0 Å². The number of ether oxygens (including phenoxy) is 3. The number of benzene rings is 2. The maximum Gasteiger partial charge on any atom is 0.412 e. The molecule has 0 bridgehead atoms. The number of hydrogen-bond acceptors (Lipinski definition) is 9. The van der Waals surface area contributed by atoms with Crippen molar-refractivity contribution in [2.45, 2.75) is 52.7 Å². The molecule has 3 N–H and O–H groups in total. The van der Waals surface area contributed by atoms with Gasteiger partial charge in [0, 0.05) is 12.4 Å². The second kappa shape index (κ2) is 17.5. The number of anilines is 2. The van der Waals surface area contributed by atoms with Gasteiger partial charge in [-0.25, -0.2) is 9.59 Å². The van der Waals surface area contributed by atoms with E-state index in [4.69, 9.17) is 19.3 Å². The average Bonchev–Trinajstić information content (AvgIpc) is 3.03. The van der Waals surface area contributed by atoms with Gasteiger partial charge in [0.25, 0.3) is 11.1 Å². The number of carbonyl (C=O) groups is 4. The highest BCUT2D eigenvalue weighted by Crippen LogP contribution is 2.09. The maximum atomic E-state index is 12.4. The number of aliphatic carboxylic acids is 1. The second-order valence-electron chi connectivity index (χ2n) is 11.1. The van der Waals surface area contributed by atoms with E-state index in [1.165, 1.54) is 35.2 Å². The lowest BCUT2D eigenvalue weighted by molar-refractivity contribution is -0.155. The van der Waals surface area contributed by atoms with E-state index >= 15 is 0 Å². The summed E-state index contributed by atoms with van der Waals surface area (Å²) in [5.41, 5.74) is -0.141. The molecular weight excluding hydrogens is 624 g/mol. The van der Waals surface area contributed by atoms with Crippen LogP contribution in [0.15, 0.2) is 107 Å². The number of rotatable bonds is 10. The molecule has 0 aliphatic carbocycles. The number of aromatic nitrogens is 2. The van der Waals surface area contributed by atoms with E-state index in [9.17, 15) is 28.8 Å². The monoisotopic (exact) mass is 660 g/mol. The van der Waals surface area contributed by atoms with Gasteiger partial charge in [-0.1, -0.05) is 60.7 Å². The molecular formula is C34H36N4O10. The first-order valence-corrected chi connectivity index (χ1v) is 14.6. The number of esters is 1. The predicted molar refractivity (Wildman–Crippen MR) is 175 cm³/mol. The number of nitrogens with zero attached hydrogens (tertiary/aromatic N) is 2. The van der Waals surface area contributed by atoms with Gasteiger partial charge in [-0.15, -0.1) is 0 Å². The van der Waals surface area contributed by atoms with Crippen molar-refractivity contribution in [2.75, 3.05) is 10.6 Å². The molecule has 0 saturated carbocycles. The molecule has 2 heterocycles. The van der Waals surface area contributed by atoms with E-state index in [-0.39, 0.29) is 31.1 Å². The summed E-state index contributed by atoms with van der Waals surface area (Å²) >= 11 is 0. The maximum absolute atomic E-state index is 12.4. The van der Waals surface area contributed by atoms with Crippen molar-refractivity contribution in [1.29, 1.82) is 0 Å². The average molecular weight is 661 g/mol. The van der Waals surface area contributed by atoms with Gasteiger partial charge in [-0.2, -0.15) is 0 Å². The fourth-order valence-electron chi connectivity index (χ4n) is 3.91. The number of carbonyl (C=O) groups excluding carboxylic acids is 3. The molecule has 0 aliphatic heterocycles. The zero-order valence-electron chi connectivity index (χ0n) is 26.6. The third kappa shape index (κ3) is 12.7. The highest BCUT2D eigenvalue weighted by molar-refractivity contribution is 5.84. The molecule has 14 nitrogen and oxygen atoms in total. The van der Waals surface area contributed by atoms with Gasteiger partial charge in [0.15, 0.2) is 0 Å². The van der Waals surface area contributed by atoms with Crippen molar-refractivity contribution < 1.29 is 38.5 Å². The number of carboxylic acid groups (broad SMARTS) is 1. The summed E-state index contributed by atoms with van der Waals surface area (Å²) in [6.07, 6.45) is 1.25. The largest absolute Gasteiger partial charge is 0.480 e. The van der Waals surface area contributed by atoms with Crippen LogP contribution in [0.3, 0.4) is 0 Å². The number of amides is 2. The van der Waals surface area contributed by atoms with Crippen LogP contribution in [0, 0.1) is 0 Å². The first-order chi connectivity index (χ1) is 22.8. The topological polar surface area (TPSA) is 184 Å². The molecule has 0 saturated heterocycles. The van der Waals surface area contributed by atoms with Crippen molar-refractivity contribution in [2.24, 2.45) is 0 Å². The SMILES string of the molecule is CC(C)(C)OC(=O)Cn1cccc(NC(=O)OCc2ccccc2)c1=O.O=C(O)Cn1cccc(NC(=O)OCc2ccccc2)c1=O. The van der Waals surface area contributed by atoms with Crippen LogP contribution in [0.1, 0.15) is 31.9 Å². The van der Waals surface area contributed by atoms with Gasteiger partial charge in [0.05, 0.1) is 0 Å². The van der Waals surface area contributed by atoms with E-state index in [0.717, 1.165) is 15.7 Å². The molecule has 14 heteroatoms. The summed E-state index contributed by atoms with van der Waals surface area (Å²) in [5.74, 6) is -1.69. The third-order valence-corrected chi connectivity index (χ3v) is 5.96. The quantitative estimate of drug-likeness (QED) is 0.160. The minimum absolute atomic E-state index is 0.0223. The molecule has 0 spiro atoms. The molecule has 0 unspecified atom stereocenters. The van der Waals surface area contributed by atoms with E-state index in [0.29, 0.717) is 0 Å². The molecule has 252 valence electrons. The molecule has 0 atom stereocenters. The van der Waals surface area contributed by atoms with E-state index < -0.39 is 47.4 Å². The van der Waals surface area contributed by atoms with Gasteiger partial charge in [-0.3, -0.25) is 29.8 Å². The first kappa shape index (κ1) is 36.3. The molecule has 0 radical (unpaired) electrons. The Hall–Kier alpha value is -6.18. The van der Waals surface area contributed by atoms with E-state index in [1.807, 2.05) is 48.5 Å². The predicted octanol–water partition coefficient (Wildman–Crippen LogP) is 4.62. The van der Waals surface area contributed by atoms with Crippen LogP contribution < -0.4 is 21.8 Å². The molecule has 2 aromatic heterocycles. The minimum Gasteiger partial charge on any atom is -0.480 e. The molecule has 0 aliphatic rings. The van der Waals surface area contributed by atoms with Crippen LogP contribution in [-0.2, 0) is 50.1 Å². The van der Waals surface area contributed by atoms with Crippen LogP contribution in [0.4, 0.5) is 21.0 Å². The van der Waals surface area contributed by atoms with Crippen molar-refractivity contribution in [3.8, 4) is 0 Å². The van der Waals surface area contributed by atoms with Gasteiger partial charge in [0.1, 0.15) is 43.3 Å². The van der Waals surface area contributed by atoms with Crippen molar-refractivity contribution in [3.63, 3.8) is 0 Å². The van der Waals surface area contributed by atoms with E-state index in [1.54, 1.807) is 39.0 Å². The fraction of sp³-hybridized carbons (Fsp3) is 0.235. The van der Waals surface area contributed by atoms with Crippen LogP contribution in [-0.4, -0.2) is 44.0 Å². The molecule has 4 rings (SSSR count). The van der Waals surface area contributed by atoms with Crippen molar-refractivity contribution in [1.82, 2.24) is 9.13 Å².